The van der Waals surface area contributed by atoms with E-state index in [2.05, 4.69) is 20.5 Å². The van der Waals surface area contributed by atoms with Crippen LogP contribution in [-0.4, -0.2) is 28.8 Å². The maximum absolute atomic E-state index is 13.4. The van der Waals surface area contributed by atoms with Crippen LogP contribution >= 0.6 is 0 Å². The zero-order chi connectivity index (χ0) is 13.5. The number of methoxy groups -OCH3 is 1. The first-order valence-electron chi connectivity index (χ1n) is 6.17. The Kier molecular flexibility index (Phi) is 4.85. The van der Waals surface area contributed by atoms with Gasteiger partial charge in [0.05, 0.1) is 7.11 Å². The summed E-state index contributed by atoms with van der Waals surface area (Å²) < 4.78 is 18.3. The van der Waals surface area contributed by atoms with Gasteiger partial charge >= 0.3 is 0 Å². The zero-order valence-corrected chi connectivity index (χ0v) is 10.8. The summed E-state index contributed by atoms with van der Waals surface area (Å²) in [6.45, 7) is 1.48. The van der Waals surface area contributed by atoms with Crippen LogP contribution in [0.2, 0.25) is 0 Å². The molecule has 1 aromatic heterocycles. The Morgan fingerprint density at radius 2 is 2.32 bits per heavy atom. The van der Waals surface area contributed by atoms with Gasteiger partial charge < -0.3 is 10.1 Å². The van der Waals surface area contributed by atoms with Gasteiger partial charge in [-0.25, -0.2) is 9.37 Å². The molecule has 1 aromatic carbocycles. The van der Waals surface area contributed by atoms with Gasteiger partial charge in [0.1, 0.15) is 12.2 Å². The summed E-state index contributed by atoms with van der Waals surface area (Å²) >= 11 is 0. The van der Waals surface area contributed by atoms with Crippen molar-refractivity contribution in [2.45, 2.75) is 19.4 Å². The quantitative estimate of drug-likeness (QED) is 0.747. The number of hydrogen-bond donors (Lipinski definition) is 2. The molecule has 0 bridgehead atoms. The molecule has 0 aliphatic rings. The fraction of sp³-hybridized carbons (Fsp3) is 0.385. The third-order valence-corrected chi connectivity index (χ3v) is 2.78. The molecule has 0 amide bonds. The van der Waals surface area contributed by atoms with Crippen LogP contribution in [0.3, 0.4) is 0 Å². The molecule has 0 spiro atoms. The molecule has 0 radical (unpaired) electrons. The molecule has 0 saturated heterocycles. The Balaban J connectivity index is 1.69. The lowest BCUT2D eigenvalue weighted by Crippen LogP contribution is -2.15. The predicted octanol–water partition coefficient (Wildman–Crippen LogP) is 1.67. The van der Waals surface area contributed by atoms with Crippen LogP contribution in [0, 0.1) is 5.82 Å². The number of H-pyrrole nitrogens is 1. The van der Waals surface area contributed by atoms with E-state index in [1.165, 1.54) is 19.5 Å². The first kappa shape index (κ1) is 13.5. The van der Waals surface area contributed by atoms with E-state index in [1.807, 2.05) is 6.07 Å². The Morgan fingerprint density at radius 3 is 3.00 bits per heavy atom. The van der Waals surface area contributed by atoms with Crippen molar-refractivity contribution in [1.29, 1.82) is 0 Å². The molecule has 2 N–H and O–H groups in total. The predicted molar refractivity (Wildman–Crippen MR) is 69.4 cm³/mol. The highest BCUT2D eigenvalue weighted by molar-refractivity contribution is 5.29. The van der Waals surface area contributed by atoms with E-state index in [0.717, 1.165) is 30.8 Å². The van der Waals surface area contributed by atoms with Crippen LogP contribution in [0.4, 0.5) is 4.39 Å². The minimum absolute atomic E-state index is 0.272. The average Bonchev–Trinajstić information content (AvgIpc) is 2.92. The third kappa shape index (κ3) is 4.03. The monoisotopic (exact) mass is 264 g/mol. The van der Waals surface area contributed by atoms with Crippen molar-refractivity contribution in [2.75, 3.05) is 13.7 Å². The maximum atomic E-state index is 13.4. The van der Waals surface area contributed by atoms with Crippen LogP contribution in [-0.2, 0) is 13.0 Å². The number of nitrogens with one attached hydrogen (secondary N) is 2. The van der Waals surface area contributed by atoms with Gasteiger partial charge in [-0.1, -0.05) is 6.07 Å². The van der Waals surface area contributed by atoms with Crippen molar-refractivity contribution in [2.24, 2.45) is 0 Å². The number of aromatic nitrogens is 3. The number of ether oxygens (including phenoxy) is 1. The molecule has 0 atom stereocenters. The molecule has 0 unspecified atom stereocenters. The molecular formula is C13H17FN4O. The van der Waals surface area contributed by atoms with Crippen LogP contribution in [0.5, 0.6) is 5.75 Å². The molecule has 19 heavy (non-hydrogen) atoms. The van der Waals surface area contributed by atoms with Gasteiger partial charge in [-0.3, -0.25) is 5.10 Å². The van der Waals surface area contributed by atoms with Crippen molar-refractivity contribution in [3.05, 3.63) is 41.7 Å². The average molecular weight is 264 g/mol. The summed E-state index contributed by atoms with van der Waals surface area (Å²) in [6.07, 6.45) is 3.31. The van der Waals surface area contributed by atoms with E-state index >= 15 is 0 Å². The summed E-state index contributed by atoms with van der Waals surface area (Å²) in [6, 6.07) is 4.98. The lowest BCUT2D eigenvalue weighted by Gasteiger charge is -2.06. The van der Waals surface area contributed by atoms with E-state index in [0.29, 0.717) is 6.54 Å². The van der Waals surface area contributed by atoms with Crippen molar-refractivity contribution >= 4 is 0 Å². The summed E-state index contributed by atoms with van der Waals surface area (Å²) in [5, 5.41) is 9.86. The lowest BCUT2D eigenvalue weighted by molar-refractivity contribution is 0.386. The SMILES string of the molecule is COc1ccc(CNCCCc2ncn[nH]2)cc1F. The van der Waals surface area contributed by atoms with Gasteiger partial charge in [-0.15, -0.1) is 0 Å². The number of rotatable bonds is 7. The van der Waals surface area contributed by atoms with Gasteiger partial charge in [0.2, 0.25) is 0 Å². The highest BCUT2D eigenvalue weighted by atomic mass is 19.1. The Bertz CT molecular complexity index is 501. The highest BCUT2D eigenvalue weighted by Gasteiger charge is 2.03. The molecule has 0 aliphatic carbocycles. The van der Waals surface area contributed by atoms with Crippen molar-refractivity contribution in [3.8, 4) is 5.75 Å². The lowest BCUT2D eigenvalue weighted by atomic mass is 10.2. The van der Waals surface area contributed by atoms with E-state index in [4.69, 9.17) is 4.74 Å². The molecule has 0 fully saturated rings. The minimum Gasteiger partial charge on any atom is -0.494 e. The molecule has 5 nitrogen and oxygen atoms in total. The summed E-state index contributed by atoms with van der Waals surface area (Å²) in [5.41, 5.74) is 0.901. The first-order valence-corrected chi connectivity index (χ1v) is 6.17. The Labute approximate surface area is 111 Å². The Morgan fingerprint density at radius 1 is 1.42 bits per heavy atom. The largest absolute Gasteiger partial charge is 0.494 e. The number of aromatic amines is 1. The second-order valence-corrected chi connectivity index (χ2v) is 4.18. The van der Waals surface area contributed by atoms with Gasteiger partial charge in [-0.05, 0) is 30.7 Å². The van der Waals surface area contributed by atoms with Crippen molar-refractivity contribution < 1.29 is 9.13 Å². The number of aryl methyl sites for hydroxylation is 1. The van der Waals surface area contributed by atoms with E-state index in [9.17, 15) is 4.39 Å². The summed E-state index contributed by atoms with van der Waals surface area (Å²) in [4.78, 5) is 4.04. The molecule has 0 aliphatic heterocycles. The van der Waals surface area contributed by atoms with Crippen LogP contribution in [0.15, 0.2) is 24.5 Å². The number of hydrogen-bond acceptors (Lipinski definition) is 4. The molecule has 102 valence electrons. The molecule has 2 aromatic rings. The molecular weight excluding hydrogens is 247 g/mol. The standard InChI is InChI=1S/C13H17FN4O/c1-19-12-5-4-10(7-11(12)14)8-15-6-2-3-13-16-9-17-18-13/h4-5,7,9,15H,2-3,6,8H2,1H3,(H,16,17,18). The number of halogens is 1. The smallest absolute Gasteiger partial charge is 0.165 e. The van der Waals surface area contributed by atoms with E-state index < -0.39 is 0 Å². The van der Waals surface area contributed by atoms with Gasteiger partial charge in [0, 0.05) is 13.0 Å². The van der Waals surface area contributed by atoms with Crippen molar-refractivity contribution in [1.82, 2.24) is 20.5 Å². The highest BCUT2D eigenvalue weighted by Crippen LogP contribution is 2.17. The number of benzene rings is 1. The van der Waals surface area contributed by atoms with Gasteiger partial charge in [-0.2, -0.15) is 5.10 Å². The van der Waals surface area contributed by atoms with Crippen LogP contribution in [0.1, 0.15) is 17.8 Å². The molecule has 0 saturated carbocycles. The maximum Gasteiger partial charge on any atom is 0.165 e. The molecule has 2 rings (SSSR count). The normalized spacial score (nSPS) is 10.6. The van der Waals surface area contributed by atoms with E-state index in [-0.39, 0.29) is 11.6 Å². The van der Waals surface area contributed by atoms with Crippen LogP contribution in [0.25, 0.3) is 0 Å². The molecule has 1 heterocycles. The number of nitrogens with zero attached hydrogens (tertiary/aromatic N) is 2. The third-order valence-electron chi connectivity index (χ3n) is 2.78. The fourth-order valence-corrected chi connectivity index (χ4v) is 1.78. The first-order chi connectivity index (χ1) is 9.29. The molecule has 6 heteroatoms. The van der Waals surface area contributed by atoms with Gasteiger partial charge in [0.25, 0.3) is 0 Å². The summed E-state index contributed by atoms with van der Waals surface area (Å²) in [7, 11) is 1.46. The second-order valence-electron chi connectivity index (χ2n) is 4.18. The topological polar surface area (TPSA) is 62.8 Å². The zero-order valence-electron chi connectivity index (χ0n) is 10.8. The van der Waals surface area contributed by atoms with E-state index in [1.54, 1.807) is 6.07 Å². The van der Waals surface area contributed by atoms with Crippen molar-refractivity contribution in [3.63, 3.8) is 0 Å². The van der Waals surface area contributed by atoms with Gasteiger partial charge in [0.15, 0.2) is 11.6 Å². The van der Waals surface area contributed by atoms with Crippen LogP contribution < -0.4 is 10.1 Å². The Hall–Kier alpha value is -1.95. The second kappa shape index (κ2) is 6.84. The minimum atomic E-state index is -0.330. The fourth-order valence-electron chi connectivity index (χ4n) is 1.78. The summed E-state index contributed by atoms with van der Waals surface area (Å²) in [5.74, 6) is 0.829.